The summed E-state index contributed by atoms with van der Waals surface area (Å²) in [4.78, 5) is 23.5. The first kappa shape index (κ1) is 20.5. The van der Waals surface area contributed by atoms with Gasteiger partial charge >= 0.3 is 5.69 Å². The van der Waals surface area contributed by atoms with Gasteiger partial charge in [0.05, 0.1) is 10.6 Å². The molecular weight excluding hydrogens is 399 g/mol. The van der Waals surface area contributed by atoms with E-state index in [1.54, 1.807) is 18.2 Å². The number of anilines is 3. The molecule has 1 N–H and O–H groups in total. The molecule has 1 aliphatic rings. The molecule has 0 aliphatic carbocycles. The van der Waals surface area contributed by atoms with Gasteiger partial charge in [0.2, 0.25) is 11.6 Å². The van der Waals surface area contributed by atoms with Gasteiger partial charge in [0.15, 0.2) is 0 Å². The highest BCUT2D eigenvalue weighted by Crippen LogP contribution is 2.33. The van der Waals surface area contributed by atoms with E-state index in [4.69, 9.17) is 0 Å². The number of rotatable bonds is 6. The Morgan fingerprint density at radius 1 is 1.03 bits per heavy atom. The number of hydrogen-bond acceptors (Lipinski definition) is 7. The highest BCUT2D eigenvalue weighted by atomic mass is 19.1. The minimum atomic E-state index is -0.448. The Kier molecular flexibility index (Phi) is 5.92. The average Bonchev–Trinajstić information content (AvgIpc) is 2.79. The Labute approximate surface area is 179 Å². The number of para-hydroxylation sites is 1. The summed E-state index contributed by atoms with van der Waals surface area (Å²) in [6.45, 7) is 4.47. The molecule has 1 saturated heterocycles. The summed E-state index contributed by atoms with van der Waals surface area (Å²) in [6.07, 6.45) is 1.34. The molecule has 1 aromatic heterocycles. The van der Waals surface area contributed by atoms with Gasteiger partial charge in [0.25, 0.3) is 0 Å². The van der Waals surface area contributed by atoms with Gasteiger partial charge in [0.1, 0.15) is 12.1 Å². The lowest BCUT2D eigenvalue weighted by atomic mass is 10.1. The molecule has 2 heterocycles. The Morgan fingerprint density at radius 3 is 2.39 bits per heavy atom. The van der Waals surface area contributed by atoms with Gasteiger partial charge < -0.3 is 15.1 Å². The molecule has 2 aromatic carbocycles. The second-order valence-electron chi connectivity index (χ2n) is 7.42. The average molecular weight is 422 g/mol. The lowest BCUT2D eigenvalue weighted by Gasteiger charge is -2.36. The Bertz CT molecular complexity index is 1070. The predicted octanol–water partition coefficient (Wildman–Crippen LogP) is 3.77. The molecule has 31 heavy (non-hydrogen) atoms. The summed E-state index contributed by atoms with van der Waals surface area (Å²) in [5.74, 6) is 0.193. The van der Waals surface area contributed by atoms with Crippen LogP contribution in [0.25, 0.3) is 0 Å². The molecule has 0 saturated carbocycles. The normalized spacial score (nSPS) is 13.9. The summed E-state index contributed by atoms with van der Waals surface area (Å²) in [6, 6.07) is 14.6. The van der Waals surface area contributed by atoms with E-state index in [9.17, 15) is 14.5 Å². The summed E-state index contributed by atoms with van der Waals surface area (Å²) in [5, 5.41) is 14.9. The molecule has 9 heteroatoms. The number of benzene rings is 2. The highest BCUT2D eigenvalue weighted by molar-refractivity contribution is 5.70. The number of halogens is 1. The van der Waals surface area contributed by atoms with Crippen molar-refractivity contribution in [2.75, 3.05) is 41.3 Å². The molecule has 0 atom stereocenters. The van der Waals surface area contributed by atoms with E-state index >= 15 is 0 Å². The maximum Gasteiger partial charge on any atom is 0.353 e. The smallest absolute Gasteiger partial charge is 0.353 e. The molecule has 8 nitrogen and oxygen atoms in total. The monoisotopic (exact) mass is 422 g/mol. The van der Waals surface area contributed by atoms with E-state index < -0.39 is 4.92 Å². The quantitative estimate of drug-likeness (QED) is 0.478. The first-order valence-electron chi connectivity index (χ1n) is 10.1. The zero-order chi connectivity index (χ0) is 21.8. The largest absolute Gasteiger partial charge is 0.366 e. The maximum atomic E-state index is 14.1. The fraction of sp³-hybridized carbons (Fsp3) is 0.273. The lowest BCUT2D eigenvalue weighted by Crippen LogP contribution is -2.47. The van der Waals surface area contributed by atoms with Crippen molar-refractivity contribution in [3.8, 4) is 0 Å². The topological polar surface area (TPSA) is 87.4 Å². The van der Waals surface area contributed by atoms with Crippen molar-refractivity contribution < 1.29 is 9.31 Å². The fourth-order valence-corrected chi connectivity index (χ4v) is 3.66. The van der Waals surface area contributed by atoms with E-state index in [2.05, 4.69) is 15.3 Å². The molecule has 1 fully saturated rings. The number of aromatic nitrogens is 2. The molecule has 4 rings (SSSR count). The Balaban J connectivity index is 1.51. The van der Waals surface area contributed by atoms with Crippen molar-refractivity contribution in [2.24, 2.45) is 0 Å². The summed E-state index contributed by atoms with van der Waals surface area (Å²) in [7, 11) is 0. The standard InChI is InChI=1S/C22H23FN6O2/c1-16-6-8-17(9-7-16)14-24-21-20(29(30)31)22(26-15-25-21)28-12-10-27(11-13-28)19-5-3-2-4-18(19)23/h2-9,15H,10-14H2,1H3,(H,24,25,26). The second kappa shape index (κ2) is 8.95. The minimum Gasteiger partial charge on any atom is -0.366 e. The van der Waals surface area contributed by atoms with E-state index in [1.165, 1.54) is 12.4 Å². The van der Waals surface area contributed by atoms with Gasteiger partial charge in [-0.2, -0.15) is 0 Å². The van der Waals surface area contributed by atoms with Crippen LogP contribution in [0, 0.1) is 22.9 Å². The summed E-state index contributed by atoms with van der Waals surface area (Å²) in [5.41, 5.74) is 2.54. The zero-order valence-electron chi connectivity index (χ0n) is 17.2. The molecule has 3 aromatic rings. The van der Waals surface area contributed by atoms with Crippen molar-refractivity contribution in [1.29, 1.82) is 0 Å². The third kappa shape index (κ3) is 4.55. The van der Waals surface area contributed by atoms with Gasteiger partial charge in [-0.05, 0) is 24.6 Å². The fourth-order valence-electron chi connectivity index (χ4n) is 3.66. The third-order valence-corrected chi connectivity index (χ3v) is 5.34. The van der Waals surface area contributed by atoms with Crippen molar-refractivity contribution in [1.82, 2.24) is 9.97 Å². The zero-order valence-corrected chi connectivity index (χ0v) is 17.2. The van der Waals surface area contributed by atoms with Gasteiger partial charge in [-0.25, -0.2) is 14.4 Å². The molecule has 0 bridgehead atoms. The molecule has 0 unspecified atom stereocenters. The molecule has 0 spiro atoms. The number of nitrogens with one attached hydrogen (secondary N) is 1. The van der Waals surface area contributed by atoms with Crippen LogP contribution in [0.3, 0.4) is 0 Å². The van der Waals surface area contributed by atoms with E-state index in [0.717, 1.165) is 11.1 Å². The first-order chi connectivity index (χ1) is 15.0. The van der Waals surface area contributed by atoms with Crippen molar-refractivity contribution >= 4 is 23.0 Å². The number of aryl methyl sites for hydroxylation is 1. The van der Waals surface area contributed by atoms with Crippen LogP contribution in [-0.4, -0.2) is 41.1 Å². The van der Waals surface area contributed by atoms with Crippen LogP contribution < -0.4 is 15.1 Å². The van der Waals surface area contributed by atoms with Crippen molar-refractivity contribution in [3.05, 3.63) is 81.9 Å². The maximum absolute atomic E-state index is 14.1. The van der Waals surface area contributed by atoms with Crippen LogP contribution in [0.5, 0.6) is 0 Å². The molecule has 1 aliphatic heterocycles. The van der Waals surface area contributed by atoms with Crippen molar-refractivity contribution in [3.63, 3.8) is 0 Å². The molecular formula is C22H23FN6O2. The minimum absolute atomic E-state index is 0.144. The molecule has 160 valence electrons. The van der Waals surface area contributed by atoms with E-state index in [0.29, 0.717) is 38.4 Å². The predicted molar refractivity (Wildman–Crippen MR) is 118 cm³/mol. The van der Waals surface area contributed by atoms with E-state index in [-0.39, 0.29) is 23.1 Å². The van der Waals surface area contributed by atoms with Crippen LogP contribution >= 0.6 is 0 Å². The van der Waals surface area contributed by atoms with Gasteiger partial charge in [-0.15, -0.1) is 0 Å². The Morgan fingerprint density at radius 2 is 1.71 bits per heavy atom. The number of nitro groups is 1. The SMILES string of the molecule is Cc1ccc(CNc2ncnc(N3CCN(c4ccccc4F)CC3)c2[N+](=O)[O-])cc1. The van der Waals surface area contributed by atoms with Crippen LogP contribution in [0.1, 0.15) is 11.1 Å². The van der Waals surface area contributed by atoms with Gasteiger partial charge in [0, 0.05) is 32.7 Å². The molecule has 0 amide bonds. The van der Waals surface area contributed by atoms with Gasteiger partial charge in [-0.3, -0.25) is 10.1 Å². The molecule has 0 radical (unpaired) electrons. The van der Waals surface area contributed by atoms with Crippen molar-refractivity contribution in [2.45, 2.75) is 13.5 Å². The number of hydrogen-bond donors (Lipinski definition) is 1. The van der Waals surface area contributed by atoms with Crippen LogP contribution in [0.2, 0.25) is 0 Å². The first-order valence-corrected chi connectivity index (χ1v) is 10.1. The van der Waals surface area contributed by atoms with Crippen LogP contribution in [-0.2, 0) is 6.54 Å². The number of nitrogens with zero attached hydrogens (tertiary/aromatic N) is 5. The Hall–Kier alpha value is -3.75. The van der Waals surface area contributed by atoms with Crippen LogP contribution in [0.4, 0.5) is 27.4 Å². The van der Waals surface area contributed by atoms with E-state index in [1.807, 2.05) is 41.0 Å². The highest BCUT2D eigenvalue weighted by Gasteiger charge is 2.29. The van der Waals surface area contributed by atoms with Gasteiger partial charge in [-0.1, -0.05) is 42.0 Å². The lowest BCUT2D eigenvalue weighted by molar-refractivity contribution is -0.383. The summed E-state index contributed by atoms with van der Waals surface area (Å²) < 4.78 is 14.1. The number of piperazine rings is 1. The van der Waals surface area contributed by atoms with Crippen LogP contribution in [0.15, 0.2) is 54.9 Å². The summed E-state index contributed by atoms with van der Waals surface area (Å²) >= 11 is 0. The second-order valence-corrected chi connectivity index (χ2v) is 7.42. The third-order valence-electron chi connectivity index (χ3n) is 5.34.